The maximum absolute atomic E-state index is 11.7. The van der Waals surface area contributed by atoms with E-state index in [4.69, 9.17) is 9.84 Å². The Balaban J connectivity index is 0. The van der Waals surface area contributed by atoms with E-state index < -0.39 is 42.0 Å². The van der Waals surface area contributed by atoms with Crippen molar-refractivity contribution in [1.82, 2.24) is 5.32 Å². The number of carboxylic acids is 1. The van der Waals surface area contributed by atoms with E-state index in [1.165, 1.54) is 0 Å². The van der Waals surface area contributed by atoms with Gasteiger partial charge in [0, 0.05) is 0 Å². The zero-order valence-corrected chi connectivity index (χ0v) is 14.0. The first-order chi connectivity index (χ1) is 8.97. The third-order valence-corrected chi connectivity index (χ3v) is 2.54. The first-order valence-corrected chi connectivity index (χ1v) is 6.43. The lowest BCUT2D eigenvalue weighted by atomic mass is 10.00. The van der Waals surface area contributed by atoms with Crippen LogP contribution in [0.25, 0.3) is 0 Å². The van der Waals surface area contributed by atoms with Gasteiger partial charge >= 0.3 is 11.9 Å². The molecule has 0 aromatic rings. The van der Waals surface area contributed by atoms with Crippen LogP contribution in [-0.2, 0) is 19.1 Å². The molecule has 3 N–H and O–H groups in total. The lowest BCUT2D eigenvalue weighted by Crippen LogP contribution is -2.48. The van der Waals surface area contributed by atoms with Gasteiger partial charge in [-0.15, -0.1) is 0 Å². The Morgan fingerprint density at radius 2 is 1.67 bits per heavy atom. The summed E-state index contributed by atoms with van der Waals surface area (Å²) in [5.41, 5.74) is -1.99. The number of amides is 1. The van der Waals surface area contributed by atoms with Gasteiger partial charge in [0.2, 0.25) is 5.91 Å². The van der Waals surface area contributed by atoms with Crippen molar-refractivity contribution < 1.29 is 29.3 Å². The molecule has 0 aliphatic rings. The number of nitrogens with one attached hydrogen (secondary N) is 1. The molecule has 0 rings (SSSR count). The van der Waals surface area contributed by atoms with Gasteiger partial charge < -0.3 is 20.3 Å². The molecule has 1 amide bonds. The molecule has 0 bridgehead atoms. The molecule has 124 valence electrons. The molecule has 0 aliphatic carbocycles. The smallest absolute Gasteiger partial charge is 0.338 e. The van der Waals surface area contributed by atoms with Crippen LogP contribution < -0.4 is 5.32 Å². The first kappa shape index (κ1) is 22.0. The summed E-state index contributed by atoms with van der Waals surface area (Å²) in [5, 5.41) is 21.1. The number of carbonyl (C=O) groups excluding carboxylic acids is 2. The van der Waals surface area contributed by atoms with Crippen LogP contribution in [0.3, 0.4) is 0 Å². The second-order valence-corrected chi connectivity index (χ2v) is 5.53. The van der Waals surface area contributed by atoms with Crippen LogP contribution in [0.1, 0.15) is 41.0 Å². The second-order valence-electron chi connectivity index (χ2n) is 5.53. The maximum atomic E-state index is 11.7. The van der Waals surface area contributed by atoms with Crippen molar-refractivity contribution >= 4 is 31.3 Å². The van der Waals surface area contributed by atoms with Gasteiger partial charge in [-0.1, -0.05) is 13.8 Å². The third-order valence-electron chi connectivity index (χ3n) is 2.54. The molecule has 0 aromatic heterocycles. The molecule has 0 aromatic carbocycles. The van der Waals surface area contributed by atoms with E-state index in [0.717, 1.165) is 6.92 Å². The fourth-order valence-electron chi connectivity index (χ4n) is 1.46. The maximum Gasteiger partial charge on any atom is 0.338 e. The van der Waals surface area contributed by atoms with Crippen molar-refractivity contribution in [3.05, 3.63) is 0 Å². The van der Waals surface area contributed by atoms with E-state index in [9.17, 15) is 19.5 Å². The van der Waals surface area contributed by atoms with E-state index in [1.807, 2.05) is 0 Å². The highest BCUT2D eigenvalue weighted by Gasteiger charge is 2.36. The van der Waals surface area contributed by atoms with Gasteiger partial charge in [0.05, 0.1) is 12.5 Å². The van der Waals surface area contributed by atoms with Crippen molar-refractivity contribution in [2.75, 3.05) is 0 Å². The van der Waals surface area contributed by atoms with Gasteiger partial charge in [0.25, 0.3) is 0 Å². The molecule has 0 fully saturated rings. The van der Waals surface area contributed by atoms with Crippen LogP contribution in [0.2, 0.25) is 0 Å². The number of hydrogen-bond acceptors (Lipinski definition) is 5. The molecule has 8 heteroatoms. The Labute approximate surface area is 131 Å². The average molecular weight is 323 g/mol. The van der Waals surface area contributed by atoms with Crippen molar-refractivity contribution in [3.63, 3.8) is 0 Å². The van der Waals surface area contributed by atoms with E-state index in [2.05, 4.69) is 5.32 Å². The highest BCUT2D eigenvalue weighted by Crippen LogP contribution is 2.14. The van der Waals surface area contributed by atoms with Gasteiger partial charge in [-0.25, -0.2) is 9.59 Å². The molecule has 0 saturated carbocycles. The summed E-state index contributed by atoms with van der Waals surface area (Å²) in [6.45, 7) is 7.68. The van der Waals surface area contributed by atoms with Crippen molar-refractivity contribution in [2.45, 2.75) is 58.8 Å². The van der Waals surface area contributed by atoms with Gasteiger partial charge in [-0.3, -0.25) is 4.79 Å². The fraction of sp³-hybridized carbons (Fsp3) is 0.769. The zero-order valence-electron chi connectivity index (χ0n) is 13.0. The molecule has 2 unspecified atom stereocenters. The Hall–Kier alpha value is -1.28. The van der Waals surface area contributed by atoms with Crippen LogP contribution in [0.15, 0.2) is 0 Å². The van der Waals surface area contributed by atoms with Gasteiger partial charge in [-0.05, 0) is 26.7 Å². The van der Waals surface area contributed by atoms with Crippen LogP contribution >= 0.6 is 13.5 Å². The van der Waals surface area contributed by atoms with Gasteiger partial charge in [0.1, 0.15) is 6.04 Å². The third kappa shape index (κ3) is 7.91. The van der Waals surface area contributed by atoms with Gasteiger partial charge in [0.15, 0.2) is 5.60 Å². The van der Waals surface area contributed by atoms with Gasteiger partial charge in [-0.2, -0.15) is 13.5 Å². The average Bonchev–Trinajstić information content (AvgIpc) is 2.23. The summed E-state index contributed by atoms with van der Waals surface area (Å²) in [7, 11) is 0. The zero-order chi connectivity index (χ0) is 16.1. The van der Waals surface area contributed by atoms with E-state index >= 15 is 0 Å². The standard InChI is InChI=1S/C13H23NO6.H2S/c1-7(2)10(11(16)17)14-9(15)6-13(5,19)12(18)20-8(3)4;/h7-8,10,19H,6H2,1-5H3,(H,14,15)(H,16,17);1H2. The van der Waals surface area contributed by atoms with Crippen LogP contribution in [-0.4, -0.2) is 45.8 Å². The Kier molecular flexibility index (Phi) is 9.31. The second kappa shape index (κ2) is 8.89. The van der Waals surface area contributed by atoms with Crippen LogP contribution in [0, 0.1) is 5.92 Å². The van der Waals surface area contributed by atoms with Crippen molar-refractivity contribution in [1.29, 1.82) is 0 Å². The molecule has 21 heavy (non-hydrogen) atoms. The van der Waals surface area contributed by atoms with E-state index in [-0.39, 0.29) is 19.4 Å². The largest absolute Gasteiger partial charge is 0.480 e. The highest BCUT2D eigenvalue weighted by molar-refractivity contribution is 7.59. The number of esters is 1. The molecule has 0 heterocycles. The predicted molar refractivity (Wildman–Crippen MR) is 81.3 cm³/mol. The summed E-state index contributed by atoms with van der Waals surface area (Å²) in [4.78, 5) is 34.3. The number of hydrogen-bond donors (Lipinski definition) is 3. The number of ether oxygens (including phenoxy) is 1. The molecule has 0 radical (unpaired) electrons. The number of rotatable bonds is 7. The lowest BCUT2D eigenvalue weighted by molar-refractivity contribution is -0.170. The van der Waals surface area contributed by atoms with E-state index in [1.54, 1.807) is 27.7 Å². The minimum Gasteiger partial charge on any atom is -0.480 e. The summed E-state index contributed by atoms with van der Waals surface area (Å²) in [5.74, 6) is -3.13. The quantitative estimate of drug-likeness (QED) is 0.585. The Bertz CT molecular complexity index is 381. The van der Waals surface area contributed by atoms with E-state index in [0.29, 0.717) is 0 Å². The van der Waals surface area contributed by atoms with Crippen molar-refractivity contribution in [3.8, 4) is 0 Å². The Morgan fingerprint density at radius 1 is 1.19 bits per heavy atom. The Morgan fingerprint density at radius 3 is 2.00 bits per heavy atom. The number of carbonyl (C=O) groups is 3. The normalized spacial score (nSPS) is 14.9. The summed E-state index contributed by atoms with van der Waals surface area (Å²) >= 11 is 0. The molecular formula is C13H25NO6S. The molecule has 0 spiro atoms. The lowest BCUT2D eigenvalue weighted by Gasteiger charge is -2.24. The van der Waals surface area contributed by atoms with Crippen LogP contribution in [0.5, 0.6) is 0 Å². The highest BCUT2D eigenvalue weighted by atomic mass is 32.1. The summed E-state index contributed by atoms with van der Waals surface area (Å²) in [6.07, 6.45) is -0.978. The summed E-state index contributed by atoms with van der Waals surface area (Å²) in [6, 6.07) is -1.07. The molecular weight excluding hydrogens is 298 g/mol. The SMILES string of the molecule is CC(C)OC(=O)C(C)(O)CC(=O)NC(C(=O)O)C(C)C.S. The molecule has 2 atom stereocenters. The predicted octanol–water partition coefficient (Wildman–Crippen LogP) is 0.417. The van der Waals surface area contributed by atoms with Crippen LogP contribution in [0.4, 0.5) is 0 Å². The molecule has 7 nitrogen and oxygen atoms in total. The number of carboxylic acid groups (broad SMARTS) is 1. The fourth-order valence-corrected chi connectivity index (χ4v) is 1.46. The number of aliphatic hydroxyl groups is 1. The first-order valence-electron chi connectivity index (χ1n) is 6.43. The topological polar surface area (TPSA) is 113 Å². The number of aliphatic carboxylic acids is 1. The monoisotopic (exact) mass is 323 g/mol. The molecule has 0 aliphatic heterocycles. The molecule has 0 saturated heterocycles. The minimum atomic E-state index is -1.99. The summed E-state index contributed by atoms with van der Waals surface area (Å²) < 4.78 is 4.83. The van der Waals surface area contributed by atoms with Crippen molar-refractivity contribution in [2.24, 2.45) is 5.92 Å². The minimum absolute atomic E-state index is 0.